The topological polar surface area (TPSA) is 82.9 Å². The van der Waals surface area contributed by atoms with E-state index in [1.165, 1.54) is 20.2 Å². The Morgan fingerprint density at radius 2 is 1.66 bits per heavy atom. The van der Waals surface area contributed by atoms with Gasteiger partial charge in [-0.3, -0.25) is 24.2 Å². The lowest BCUT2D eigenvalue weighted by Gasteiger charge is -2.28. The van der Waals surface area contributed by atoms with Gasteiger partial charge in [-0.2, -0.15) is 0 Å². The van der Waals surface area contributed by atoms with Crippen molar-refractivity contribution in [3.8, 4) is 0 Å². The molecule has 2 aromatic rings. The van der Waals surface area contributed by atoms with E-state index in [0.29, 0.717) is 5.56 Å². The Hall–Kier alpha value is -3.42. The highest BCUT2D eigenvalue weighted by Gasteiger charge is 2.38. The number of aryl methyl sites for hydroxylation is 1. The number of hydrogen-bond acceptors (Lipinski definition) is 4. The largest absolute Gasteiger partial charge is 0.341 e. The number of hydrogen-bond donors (Lipinski definition) is 0. The molecule has 3 heterocycles. The lowest BCUT2D eigenvalue weighted by molar-refractivity contribution is -0.134. The van der Waals surface area contributed by atoms with Gasteiger partial charge in [-0.25, -0.2) is 4.79 Å². The molecule has 2 saturated heterocycles. The second kappa shape index (κ2) is 8.61. The summed E-state index contributed by atoms with van der Waals surface area (Å²) in [7, 11) is 2.72. The van der Waals surface area contributed by atoms with Gasteiger partial charge < -0.3 is 9.47 Å². The fourth-order valence-corrected chi connectivity index (χ4v) is 4.51. The number of likely N-dealkylation sites (N-methyl/N-ethyl adjacent to an activating group) is 2. The van der Waals surface area contributed by atoms with E-state index < -0.39 is 17.8 Å². The first-order valence-corrected chi connectivity index (χ1v) is 11.0. The van der Waals surface area contributed by atoms with E-state index >= 15 is 0 Å². The van der Waals surface area contributed by atoms with Crippen LogP contribution in [-0.2, 0) is 27.3 Å². The molecular formula is C24H28N4O4. The molecule has 0 unspecified atom stereocenters. The summed E-state index contributed by atoms with van der Waals surface area (Å²) in [6, 6.07) is 5.24. The molecule has 32 heavy (non-hydrogen) atoms. The van der Waals surface area contributed by atoms with Crippen molar-refractivity contribution in [2.75, 3.05) is 27.2 Å². The van der Waals surface area contributed by atoms with Crippen LogP contribution in [0.5, 0.6) is 0 Å². The normalized spacial score (nSPS) is 17.5. The number of barbiturate groups is 1. The lowest BCUT2D eigenvalue weighted by atomic mass is 10.0. The first-order valence-electron chi connectivity index (χ1n) is 11.0. The number of benzene rings is 1. The molecule has 0 bridgehead atoms. The van der Waals surface area contributed by atoms with Gasteiger partial charge >= 0.3 is 6.03 Å². The number of nitrogens with zero attached hydrogens (tertiary/aromatic N) is 4. The maximum Gasteiger partial charge on any atom is 0.333 e. The van der Waals surface area contributed by atoms with Crippen LogP contribution in [0, 0.1) is 0 Å². The fraction of sp³-hybridized carbons (Fsp3) is 0.417. The molecule has 2 fully saturated rings. The molecule has 0 atom stereocenters. The molecule has 8 nitrogen and oxygen atoms in total. The molecule has 1 aromatic heterocycles. The van der Waals surface area contributed by atoms with Gasteiger partial charge in [0.1, 0.15) is 12.1 Å². The van der Waals surface area contributed by atoms with E-state index in [1.54, 1.807) is 0 Å². The van der Waals surface area contributed by atoms with Crippen LogP contribution >= 0.6 is 0 Å². The highest BCUT2D eigenvalue weighted by atomic mass is 16.2. The molecule has 0 spiro atoms. The zero-order chi connectivity index (χ0) is 23.0. The molecule has 1 aromatic carbocycles. The molecule has 168 valence electrons. The number of imide groups is 2. The maximum atomic E-state index is 13.0. The highest BCUT2D eigenvalue weighted by molar-refractivity contribution is 6.31. The Morgan fingerprint density at radius 3 is 2.28 bits per heavy atom. The van der Waals surface area contributed by atoms with Crippen LogP contribution in [0.15, 0.2) is 30.0 Å². The van der Waals surface area contributed by atoms with Crippen molar-refractivity contribution in [3.63, 3.8) is 0 Å². The third kappa shape index (κ3) is 3.70. The minimum Gasteiger partial charge on any atom is -0.341 e. The summed E-state index contributed by atoms with van der Waals surface area (Å²) in [6.07, 6.45) is 7.36. The SMILES string of the molecule is CCc1cccc2c(C=C3C(=O)N(C)C(=O)N(C)C3=O)cn(CC(=O)N3CCCCC3)c12. The van der Waals surface area contributed by atoms with E-state index in [-0.39, 0.29) is 18.0 Å². The molecular weight excluding hydrogens is 408 g/mol. The average Bonchev–Trinajstić information content (AvgIpc) is 3.17. The van der Waals surface area contributed by atoms with E-state index in [4.69, 9.17) is 0 Å². The van der Waals surface area contributed by atoms with E-state index in [1.807, 2.05) is 33.9 Å². The Bertz CT molecular complexity index is 1110. The standard InChI is InChI=1S/C24H28N4O4/c1-4-16-9-8-10-18-17(13-19-22(30)25(2)24(32)26(3)23(19)31)14-28(21(16)18)15-20(29)27-11-6-5-7-12-27/h8-10,13-14H,4-7,11-12,15H2,1-3H3. The summed E-state index contributed by atoms with van der Waals surface area (Å²) in [5.41, 5.74) is 2.62. The molecule has 5 amide bonds. The number of aromatic nitrogens is 1. The quantitative estimate of drug-likeness (QED) is 0.545. The molecule has 2 aliphatic rings. The number of likely N-dealkylation sites (tertiary alicyclic amines) is 1. The Balaban J connectivity index is 1.78. The molecule has 0 radical (unpaired) electrons. The number of carbonyl (C=O) groups is 4. The summed E-state index contributed by atoms with van der Waals surface area (Å²) in [5.74, 6) is -1.19. The van der Waals surface area contributed by atoms with Crippen molar-refractivity contribution in [2.45, 2.75) is 39.2 Å². The Labute approximate surface area is 187 Å². The van der Waals surface area contributed by atoms with Crippen LogP contribution in [0.3, 0.4) is 0 Å². The zero-order valence-corrected chi connectivity index (χ0v) is 18.8. The van der Waals surface area contributed by atoms with Crippen molar-refractivity contribution >= 4 is 40.7 Å². The monoisotopic (exact) mass is 436 g/mol. The van der Waals surface area contributed by atoms with Crippen molar-refractivity contribution in [1.29, 1.82) is 0 Å². The van der Waals surface area contributed by atoms with Gasteiger partial charge in [0.25, 0.3) is 11.8 Å². The van der Waals surface area contributed by atoms with Crippen molar-refractivity contribution in [3.05, 3.63) is 41.1 Å². The van der Waals surface area contributed by atoms with Gasteiger partial charge in [0.2, 0.25) is 5.91 Å². The predicted octanol–water partition coefficient (Wildman–Crippen LogP) is 2.65. The van der Waals surface area contributed by atoms with Crippen molar-refractivity contribution < 1.29 is 19.2 Å². The molecule has 4 rings (SSSR count). The smallest absolute Gasteiger partial charge is 0.333 e. The van der Waals surface area contributed by atoms with Gasteiger partial charge in [-0.05, 0) is 37.3 Å². The zero-order valence-electron chi connectivity index (χ0n) is 18.8. The van der Waals surface area contributed by atoms with Gasteiger partial charge in [-0.15, -0.1) is 0 Å². The number of para-hydroxylation sites is 1. The van der Waals surface area contributed by atoms with E-state index in [9.17, 15) is 19.2 Å². The molecule has 2 aliphatic heterocycles. The minimum atomic E-state index is -0.653. The summed E-state index contributed by atoms with van der Waals surface area (Å²) in [5, 5.41) is 0.867. The van der Waals surface area contributed by atoms with Crippen LogP contribution in [0.25, 0.3) is 17.0 Å². The molecule has 0 N–H and O–H groups in total. The summed E-state index contributed by atoms with van der Waals surface area (Å²) in [4.78, 5) is 54.1. The first-order chi connectivity index (χ1) is 15.3. The Kier molecular flexibility index (Phi) is 5.86. The van der Waals surface area contributed by atoms with Crippen LogP contribution < -0.4 is 0 Å². The number of rotatable bonds is 4. The van der Waals surface area contributed by atoms with Crippen molar-refractivity contribution in [2.24, 2.45) is 0 Å². The number of urea groups is 1. The number of piperidine rings is 1. The third-order valence-corrected chi connectivity index (χ3v) is 6.35. The van der Waals surface area contributed by atoms with E-state index in [0.717, 1.165) is 65.0 Å². The highest BCUT2D eigenvalue weighted by Crippen LogP contribution is 2.29. The molecule has 0 aliphatic carbocycles. The lowest BCUT2D eigenvalue weighted by Crippen LogP contribution is -2.52. The van der Waals surface area contributed by atoms with Crippen LogP contribution in [0.1, 0.15) is 37.3 Å². The van der Waals surface area contributed by atoms with Gasteiger partial charge in [0.05, 0.1) is 5.52 Å². The van der Waals surface area contributed by atoms with Gasteiger partial charge in [0, 0.05) is 44.3 Å². The summed E-state index contributed by atoms with van der Waals surface area (Å²) in [6.45, 7) is 3.83. The van der Waals surface area contributed by atoms with Crippen molar-refractivity contribution in [1.82, 2.24) is 19.3 Å². The molecule has 0 saturated carbocycles. The number of carbonyl (C=O) groups excluding carboxylic acids is 4. The second-order valence-corrected chi connectivity index (χ2v) is 8.39. The third-order valence-electron chi connectivity index (χ3n) is 6.35. The number of amides is 5. The summed E-state index contributed by atoms with van der Waals surface area (Å²) < 4.78 is 1.92. The maximum absolute atomic E-state index is 13.0. The van der Waals surface area contributed by atoms with Crippen LogP contribution in [-0.4, -0.2) is 70.2 Å². The fourth-order valence-electron chi connectivity index (χ4n) is 4.51. The average molecular weight is 437 g/mol. The Morgan fingerprint density at radius 1 is 1.00 bits per heavy atom. The van der Waals surface area contributed by atoms with Crippen LogP contribution in [0.2, 0.25) is 0 Å². The minimum absolute atomic E-state index is 0.0709. The first kappa shape index (κ1) is 21.8. The van der Waals surface area contributed by atoms with E-state index in [2.05, 4.69) is 6.92 Å². The molecule has 8 heteroatoms. The van der Waals surface area contributed by atoms with Crippen LogP contribution in [0.4, 0.5) is 4.79 Å². The van der Waals surface area contributed by atoms with Gasteiger partial charge in [0.15, 0.2) is 0 Å². The van der Waals surface area contributed by atoms with Gasteiger partial charge in [-0.1, -0.05) is 25.1 Å². The summed E-state index contributed by atoms with van der Waals surface area (Å²) >= 11 is 0. The number of fused-ring (bicyclic) bond motifs is 1. The predicted molar refractivity (Wildman–Crippen MR) is 121 cm³/mol. The second-order valence-electron chi connectivity index (χ2n) is 8.39.